The number of nitrogens with zero attached hydrogens (tertiary/aromatic N) is 1. The van der Waals surface area contributed by atoms with Gasteiger partial charge in [0.15, 0.2) is 0 Å². The number of nitroso groups, excluding NO2 is 1. The van der Waals surface area contributed by atoms with Crippen molar-refractivity contribution < 1.29 is 4.79 Å². The monoisotopic (exact) mass is 129 g/mol. The lowest BCUT2D eigenvalue weighted by Crippen LogP contribution is -2.20. The largest absolute Gasteiger partial charge is 0.291 e. The van der Waals surface area contributed by atoms with Crippen molar-refractivity contribution in [1.29, 1.82) is 0 Å². The van der Waals surface area contributed by atoms with Crippen LogP contribution in [0.15, 0.2) is 5.18 Å². The lowest BCUT2D eigenvalue weighted by atomic mass is 9.90. The van der Waals surface area contributed by atoms with Crippen molar-refractivity contribution in [3.05, 3.63) is 4.91 Å². The number of hydrogen-bond donors (Lipinski definition) is 0. The van der Waals surface area contributed by atoms with Gasteiger partial charge < -0.3 is 0 Å². The minimum atomic E-state index is -0.568. The first-order valence-electron chi connectivity index (χ1n) is 2.92. The molecule has 0 aromatic heterocycles. The zero-order valence-electron chi connectivity index (χ0n) is 5.97. The molecule has 0 radical (unpaired) electrons. The van der Waals surface area contributed by atoms with Crippen molar-refractivity contribution in [2.24, 2.45) is 10.6 Å². The standard InChI is InChI=1S/C6H11NO2/c1-4-6(2,3)5(8)7-9/h4H2,1-3H3. The molecule has 0 saturated heterocycles. The van der Waals surface area contributed by atoms with Crippen molar-refractivity contribution in [2.75, 3.05) is 0 Å². The van der Waals surface area contributed by atoms with Gasteiger partial charge in [-0.15, -0.1) is 4.91 Å². The maximum atomic E-state index is 10.6. The van der Waals surface area contributed by atoms with Gasteiger partial charge in [-0.05, 0) is 6.42 Å². The third-order valence-corrected chi connectivity index (χ3v) is 1.55. The Morgan fingerprint density at radius 2 is 2.00 bits per heavy atom. The van der Waals surface area contributed by atoms with E-state index < -0.39 is 11.3 Å². The molecule has 0 rings (SSSR count). The molecule has 0 unspecified atom stereocenters. The summed E-state index contributed by atoms with van der Waals surface area (Å²) in [5.74, 6) is -0.565. The Kier molecular flexibility index (Phi) is 2.49. The first-order valence-corrected chi connectivity index (χ1v) is 2.92. The summed E-state index contributed by atoms with van der Waals surface area (Å²) in [5.41, 5.74) is -0.568. The van der Waals surface area contributed by atoms with Crippen LogP contribution in [0.4, 0.5) is 0 Å². The van der Waals surface area contributed by atoms with Gasteiger partial charge in [-0.25, -0.2) is 0 Å². The maximum Gasteiger partial charge on any atom is 0.291 e. The van der Waals surface area contributed by atoms with E-state index in [9.17, 15) is 9.70 Å². The van der Waals surface area contributed by atoms with Crippen LogP contribution in [0.3, 0.4) is 0 Å². The number of carbonyl (C=O) groups excluding carboxylic acids is 1. The Bertz CT molecular complexity index is 129. The molecule has 0 aromatic carbocycles. The van der Waals surface area contributed by atoms with E-state index in [4.69, 9.17) is 0 Å². The topological polar surface area (TPSA) is 46.5 Å². The zero-order chi connectivity index (χ0) is 7.49. The summed E-state index contributed by atoms with van der Waals surface area (Å²) in [4.78, 5) is 20.3. The summed E-state index contributed by atoms with van der Waals surface area (Å²) < 4.78 is 0. The molecule has 0 aliphatic heterocycles. The molecule has 9 heavy (non-hydrogen) atoms. The fraction of sp³-hybridized carbons (Fsp3) is 0.833. The highest BCUT2D eigenvalue weighted by atomic mass is 16.3. The van der Waals surface area contributed by atoms with Crippen LogP contribution < -0.4 is 0 Å². The van der Waals surface area contributed by atoms with E-state index >= 15 is 0 Å². The van der Waals surface area contributed by atoms with Gasteiger partial charge >= 0.3 is 0 Å². The number of amides is 1. The number of hydrogen-bond acceptors (Lipinski definition) is 2. The zero-order valence-corrected chi connectivity index (χ0v) is 5.97. The Labute approximate surface area is 54.4 Å². The Morgan fingerprint density at radius 1 is 1.56 bits per heavy atom. The van der Waals surface area contributed by atoms with Crippen molar-refractivity contribution in [1.82, 2.24) is 0 Å². The average Bonchev–Trinajstić information content (AvgIpc) is 1.86. The summed E-state index contributed by atoms with van der Waals surface area (Å²) in [5, 5.41) is 2.34. The number of rotatable bonds is 2. The van der Waals surface area contributed by atoms with Gasteiger partial charge in [0.1, 0.15) is 0 Å². The normalized spacial score (nSPS) is 11.0. The lowest BCUT2D eigenvalue weighted by Gasteiger charge is -2.14. The molecular formula is C6H11NO2. The van der Waals surface area contributed by atoms with Gasteiger partial charge in [0, 0.05) is 10.6 Å². The van der Waals surface area contributed by atoms with E-state index in [2.05, 4.69) is 5.18 Å². The van der Waals surface area contributed by atoms with E-state index in [-0.39, 0.29) is 0 Å². The average molecular weight is 129 g/mol. The quantitative estimate of drug-likeness (QED) is 0.533. The smallest absolute Gasteiger partial charge is 0.268 e. The molecule has 1 amide bonds. The van der Waals surface area contributed by atoms with Crippen molar-refractivity contribution >= 4 is 5.91 Å². The van der Waals surface area contributed by atoms with Gasteiger partial charge in [0.25, 0.3) is 5.91 Å². The molecule has 0 aromatic rings. The third kappa shape index (κ3) is 1.91. The summed E-state index contributed by atoms with van der Waals surface area (Å²) >= 11 is 0. The molecule has 0 atom stereocenters. The summed E-state index contributed by atoms with van der Waals surface area (Å²) in [6.45, 7) is 5.26. The molecular weight excluding hydrogens is 118 g/mol. The van der Waals surface area contributed by atoms with Crippen LogP contribution in [0.1, 0.15) is 27.2 Å². The second-order valence-corrected chi connectivity index (χ2v) is 2.63. The van der Waals surface area contributed by atoms with Crippen LogP contribution in [0.5, 0.6) is 0 Å². The van der Waals surface area contributed by atoms with Gasteiger partial charge in [0.05, 0.1) is 0 Å². The SMILES string of the molecule is CCC(C)(C)C(=O)N=O. The van der Waals surface area contributed by atoms with Gasteiger partial charge in [-0.1, -0.05) is 20.8 Å². The van der Waals surface area contributed by atoms with Gasteiger partial charge in [-0.3, -0.25) is 4.79 Å². The van der Waals surface area contributed by atoms with E-state index in [0.717, 1.165) is 0 Å². The molecule has 52 valence electrons. The van der Waals surface area contributed by atoms with E-state index in [1.165, 1.54) is 0 Å². The molecule has 0 fully saturated rings. The van der Waals surface area contributed by atoms with Crippen molar-refractivity contribution in [3.63, 3.8) is 0 Å². The summed E-state index contributed by atoms with van der Waals surface area (Å²) in [6, 6.07) is 0. The highest BCUT2D eigenvalue weighted by Crippen LogP contribution is 2.20. The Morgan fingerprint density at radius 3 is 2.11 bits per heavy atom. The molecule has 0 heterocycles. The lowest BCUT2D eigenvalue weighted by molar-refractivity contribution is -0.126. The third-order valence-electron chi connectivity index (χ3n) is 1.55. The molecule has 0 aliphatic rings. The van der Waals surface area contributed by atoms with Crippen LogP contribution in [0.25, 0.3) is 0 Å². The predicted octanol–water partition coefficient (Wildman–Crippen LogP) is 1.72. The maximum absolute atomic E-state index is 10.6. The molecule has 0 bridgehead atoms. The molecule has 3 heteroatoms. The fourth-order valence-electron chi connectivity index (χ4n) is 0.275. The van der Waals surface area contributed by atoms with Crippen LogP contribution in [-0.2, 0) is 4.79 Å². The second kappa shape index (κ2) is 2.71. The van der Waals surface area contributed by atoms with E-state index in [1.807, 2.05) is 6.92 Å². The van der Waals surface area contributed by atoms with Crippen LogP contribution in [-0.4, -0.2) is 5.91 Å². The molecule has 3 nitrogen and oxygen atoms in total. The molecule has 0 saturated carbocycles. The minimum absolute atomic E-state index is 0.565. The fourth-order valence-corrected chi connectivity index (χ4v) is 0.275. The van der Waals surface area contributed by atoms with Crippen LogP contribution in [0, 0.1) is 10.3 Å². The Balaban J connectivity index is 4.13. The summed E-state index contributed by atoms with van der Waals surface area (Å²) in [6.07, 6.45) is 0.650. The van der Waals surface area contributed by atoms with E-state index in [1.54, 1.807) is 13.8 Å². The molecule has 0 N–H and O–H groups in total. The van der Waals surface area contributed by atoms with Crippen LogP contribution >= 0.6 is 0 Å². The minimum Gasteiger partial charge on any atom is -0.268 e. The first-order chi connectivity index (χ1) is 4.04. The highest BCUT2D eigenvalue weighted by Gasteiger charge is 2.25. The van der Waals surface area contributed by atoms with Gasteiger partial charge in [-0.2, -0.15) is 0 Å². The first kappa shape index (κ1) is 8.27. The predicted molar refractivity (Wildman–Crippen MR) is 34.9 cm³/mol. The summed E-state index contributed by atoms with van der Waals surface area (Å²) in [7, 11) is 0. The number of carbonyl (C=O) groups is 1. The van der Waals surface area contributed by atoms with Crippen LogP contribution in [0.2, 0.25) is 0 Å². The Hall–Kier alpha value is -0.730. The molecule has 0 aliphatic carbocycles. The van der Waals surface area contributed by atoms with Crippen molar-refractivity contribution in [2.45, 2.75) is 27.2 Å². The second-order valence-electron chi connectivity index (χ2n) is 2.63. The van der Waals surface area contributed by atoms with Crippen molar-refractivity contribution in [3.8, 4) is 0 Å². The highest BCUT2D eigenvalue weighted by molar-refractivity contribution is 5.82. The van der Waals surface area contributed by atoms with Gasteiger partial charge in [0.2, 0.25) is 0 Å². The van der Waals surface area contributed by atoms with E-state index in [0.29, 0.717) is 6.42 Å². The molecule has 0 spiro atoms.